The first kappa shape index (κ1) is 22.9. The van der Waals surface area contributed by atoms with Crippen LogP contribution in [0.3, 0.4) is 0 Å². The molecule has 3 heteroatoms. The molecule has 0 heterocycles. The number of rotatable bonds is 7. The fourth-order valence-electron chi connectivity index (χ4n) is 3.45. The van der Waals surface area contributed by atoms with Crippen LogP contribution in [0, 0.1) is 0 Å². The van der Waals surface area contributed by atoms with Crippen molar-refractivity contribution in [3.8, 4) is 0 Å². The molecule has 0 aromatic heterocycles. The van der Waals surface area contributed by atoms with Crippen molar-refractivity contribution in [3.63, 3.8) is 0 Å². The zero-order chi connectivity index (χ0) is 21.8. The molecule has 0 saturated carbocycles. The van der Waals surface area contributed by atoms with E-state index in [1.54, 1.807) is 0 Å². The summed E-state index contributed by atoms with van der Waals surface area (Å²) >= 11 is 0. The highest BCUT2D eigenvalue weighted by Crippen LogP contribution is 2.51. The Balaban J connectivity index is 0.000000210. The summed E-state index contributed by atoms with van der Waals surface area (Å²) in [4.78, 5) is 0. The van der Waals surface area contributed by atoms with Crippen molar-refractivity contribution in [2.24, 2.45) is 0 Å². The minimum absolute atomic E-state index is 0.0901. The summed E-state index contributed by atoms with van der Waals surface area (Å²) in [6.07, 6.45) is 0. The van der Waals surface area contributed by atoms with Crippen molar-refractivity contribution < 1.29 is 9.84 Å². The summed E-state index contributed by atoms with van der Waals surface area (Å²) in [7, 11) is -1.53. The lowest BCUT2D eigenvalue weighted by atomic mass is 10.2. The maximum absolute atomic E-state index is 8.42. The Kier molecular flexibility index (Phi) is 8.99. The second-order valence-electron chi connectivity index (χ2n) is 7.27. The molecule has 158 valence electrons. The fraction of sp³-hybridized carbons (Fsp3) is 0.143. The molecular weight excluding hydrogens is 399 g/mol. The maximum atomic E-state index is 8.42. The average molecular weight is 430 g/mol. The molecule has 0 saturated heterocycles. The van der Waals surface area contributed by atoms with E-state index >= 15 is 0 Å². The predicted molar refractivity (Wildman–Crippen MR) is 134 cm³/mol. The molecule has 0 aliphatic carbocycles. The number of aliphatic hydroxyl groups excluding tert-OH is 1. The SMILES string of the molecule is C[P+](c1ccccc1)(c1ccccc1)c1ccccc1.OCCOCc1ccccc1. The number of ether oxygens (including phenoxy) is 1. The lowest BCUT2D eigenvalue weighted by Crippen LogP contribution is -2.30. The van der Waals surface area contributed by atoms with Gasteiger partial charge in [-0.2, -0.15) is 0 Å². The summed E-state index contributed by atoms with van der Waals surface area (Å²) < 4.78 is 5.12. The smallest absolute Gasteiger partial charge is 0.109 e. The van der Waals surface area contributed by atoms with Gasteiger partial charge in [-0.05, 0) is 42.0 Å². The van der Waals surface area contributed by atoms with Crippen LogP contribution in [-0.4, -0.2) is 25.0 Å². The average Bonchev–Trinajstić information content (AvgIpc) is 2.86. The van der Waals surface area contributed by atoms with Crippen LogP contribution in [0.25, 0.3) is 0 Å². The van der Waals surface area contributed by atoms with Gasteiger partial charge in [-0.3, -0.25) is 0 Å². The quantitative estimate of drug-likeness (QED) is 0.338. The molecule has 31 heavy (non-hydrogen) atoms. The second kappa shape index (κ2) is 12.2. The van der Waals surface area contributed by atoms with E-state index in [2.05, 4.69) is 97.7 Å². The normalized spacial score (nSPS) is 10.8. The molecule has 0 atom stereocenters. The van der Waals surface area contributed by atoms with Crippen LogP contribution in [-0.2, 0) is 11.3 Å². The van der Waals surface area contributed by atoms with E-state index in [4.69, 9.17) is 9.84 Å². The first-order valence-electron chi connectivity index (χ1n) is 10.5. The summed E-state index contributed by atoms with van der Waals surface area (Å²) in [5, 5.41) is 12.7. The van der Waals surface area contributed by atoms with E-state index in [9.17, 15) is 0 Å². The van der Waals surface area contributed by atoms with Gasteiger partial charge in [0.2, 0.25) is 0 Å². The summed E-state index contributed by atoms with van der Waals surface area (Å²) in [6.45, 7) is 3.50. The molecule has 0 bridgehead atoms. The molecule has 4 rings (SSSR count). The Morgan fingerprint density at radius 1 is 0.581 bits per heavy atom. The number of hydrogen-bond donors (Lipinski definition) is 1. The maximum Gasteiger partial charge on any atom is 0.109 e. The Morgan fingerprint density at radius 3 is 1.29 bits per heavy atom. The van der Waals surface area contributed by atoms with Crippen molar-refractivity contribution in [2.75, 3.05) is 19.9 Å². The lowest BCUT2D eigenvalue weighted by molar-refractivity contribution is 0.0815. The molecule has 4 aromatic carbocycles. The predicted octanol–water partition coefficient (Wildman–Crippen LogP) is 4.81. The largest absolute Gasteiger partial charge is 0.394 e. The third-order valence-corrected chi connectivity index (χ3v) is 9.16. The molecule has 0 spiro atoms. The molecule has 0 aliphatic heterocycles. The number of aliphatic hydroxyl groups is 1. The zero-order valence-electron chi connectivity index (χ0n) is 18.0. The molecule has 1 N–H and O–H groups in total. The highest BCUT2D eigenvalue weighted by atomic mass is 31.2. The van der Waals surface area contributed by atoms with E-state index in [1.807, 2.05) is 30.3 Å². The minimum atomic E-state index is -1.53. The molecule has 0 amide bonds. The lowest BCUT2D eigenvalue weighted by Gasteiger charge is -2.22. The Morgan fingerprint density at radius 2 is 0.935 bits per heavy atom. The number of hydrogen-bond acceptors (Lipinski definition) is 2. The van der Waals surface area contributed by atoms with Crippen molar-refractivity contribution in [1.82, 2.24) is 0 Å². The summed E-state index contributed by atoms with van der Waals surface area (Å²) in [6, 6.07) is 42.5. The first-order valence-corrected chi connectivity index (χ1v) is 12.7. The van der Waals surface area contributed by atoms with Gasteiger partial charge < -0.3 is 9.84 Å². The van der Waals surface area contributed by atoms with Crippen LogP contribution in [0.1, 0.15) is 5.56 Å². The van der Waals surface area contributed by atoms with Gasteiger partial charge in [-0.15, -0.1) is 0 Å². The van der Waals surface area contributed by atoms with Crippen LogP contribution in [0.4, 0.5) is 0 Å². The molecule has 0 radical (unpaired) electrons. The monoisotopic (exact) mass is 429 g/mol. The zero-order valence-corrected chi connectivity index (χ0v) is 18.9. The molecule has 0 fully saturated rings. The molecule has 2 nitrogen and oxygen atoms in total. The van der Waals surface area contributed by atoms with Gasteiger partial charge in [-0.1, -0.05) is 84.9 Å². The van der Waals surface area contributed by atoms with Crippen molar-refractivity contribution in [3.05, 3.63) is 127 Å². The van der Waals surface area contributed by atoms with Crippen molar-refractivity contribution in [1.29, 1.82) is 0 Å². The first-order chi connectivity index (χ1) is 15.2. The van der Waals surface area contributed by atoms with Gasteiger partial charge in [0.15, 0.2) is 0 Å². The van der Waals surface area contributed by atoms with Gasteiger partial charge in [0, 0.05) is 0 Å². The minimum Gasteiger partial charge on any atom is -0.394 e. The third-order valence-electron chi connectivity index (χ3n) is 5.16. The van der Waals surface area contributed by atoms with Gasteiger partial charge in [0.25, 0.3) is 0 Å². The van der Waals surface area contributed by atoms with E-state index in [0.717, 1.165) is 5.56 Å². The molecular formula is C28H30O2P+. The summed E-state index contributed by atoms with van der Waals surface area (Å²) in [5.41, 5.74) is 1.14. The fourth-order valence-corrected chi connectivity index (χ4v) is 6.65. The third kappa shape index (κ3) is 6.35. The second-order valence-corrected chi connectivity index (χ2v) is 10.8. The Hall–Kier alpha value is -2.77. The van der Waals surface area contributed by atoms with E-state index in [-0.39, 0.29) is 6.61 Å². The number of benzene rings is 4. The van der Waals surface area contributed by atoms with E-state index < -0.39 is 7.26 Å². The summed E-state index contributed by atoms with van der Waals surface area (Å²) in [5.74, 6) is 0. The Bertz CT molecular complexity index is 893. The molecule has 4 aromatic rings. The van der Waals surface area contributed by atoms with Gasteiger partial charge in [0.05, 0.1) is 26.5 Å². The van der Waals surface area contributed by atoms with E-state index in [1.165, 1.54) is 15.9 Å². The highest BCUT2D eigenvalue weighted by Gasteiger charge is 2.39. The van der Waals surface area contributed by atoms with Crippen LogP contribution in [0.15, 0.2) is 121 Å². The van der Waals surface area contributed by atoms with Gasteiger partial charge in [-0.25, -0.2) is 0 Å². The van der Waals surface area contributed by atoms with Gasteiger partial charge in [0.1, 0.15) is 23.2 Å². The van der Waals surface area contributed by atoms with Crippen molar-refractivity contribution >= 4 is 23.2 Å². The van der Waals surface area contributed by atoms with Crippen LogP contribution in [0.5, 0.6) is 0 Å². The van der Waals surface area contributed by atoms with Crippen LogP contribution < -0.4 is 15.9 Å². The molecule has 0 aliphatic rings. The molecule has 0 unspecified atom stereocenters. The van der Waals surface area contributed by atoms with E-state index in [0.29, 0.717) is 13.2 Å². The highest BCUT2D eigenvalue weighted by molar-refractivity contribution is 7.95. The van der Waals surface area contributed by atoms with Crippen molar-refractivity contribution in [2.45, 2.75) is 6.61 Å². The van der Waals surface area contributed by atoms with Crippen LogP contribution >= 0.6 is 7.26 Å². The standard InChI is InChI=1S/C19H18P.C9H12O2/c1-20(17-11-5-2-6-12-17,18-13-7-3-8-14-18)19-15-9-4-10-16-19;10-6-7-11-8-9-4-2-1-3-5-9/h2-16H,1H3;1-5,10H,6-8H2/q+1;. The van der Waals surface area contributed by atoms with Gasteiger partial charge >= 0.3 is 0 Å². The Labute approximate surface area is 186 Å². The van der Waals surface area contributed by atoms with Crippen LogP contribution in [0.2, 0.25) is 0 Å². The topological polar surface area (TPSA) is 29.5 Å².